The first-order chi connectivity index (χ1) is 13.5. The van der Waals surface area contributed by atoms with Gasteiger partial charge in [0.25, 0.3) is 0 Å². The Labute approximate surface area is 220 Å². The van der Waals surface area contributed by atoms with Crippen LogP contribution in [0.1, 0.15) is 73.6 Å². The molecule has 0 saturated carbocycles. The van der Waals surface area contributed by atoms with E-state index in [0.717, 1.165) is 23.7 Å². The van der Waals surface area contributed by atoms with Gasteiger partial charge in [0, 0.05) is 0 Å². The SMILES string of the molecule is CCC(C)P(c1cc2ccccc2[cH-]1)C(C)CC.CCCC(C)C1=[C-]CC=C1.[Cl-].[Cl-].[Ti+4]. The van der Waals surface area contributed by atoms with E-state index >= 15 is 0 Å². The summed E-state index contributed by atoms with van der Waals surface area (Å²) in [5.74, 6) is 0.726. The minimum Gasteiger partial charge on any atom is -1.00 e. The molecule has 1 aliphatic carbocycles. The second-order valence-corrected chi connectivity index (χ2v) is 11.3. The van der Waals surface area contributed by atoms with Crippen molar-refractivity contribution in [1.29, 1.82) is 0 Å². The van der Waals surface area contributed by atoms with Gasteiger partial charge >= 0.3 is 21.7 Å². The third-order valence-corrected chi connectivity index (χ3v) is 9.49. The van der Waals surface area contributed by atoms with E-state index < -0.39 is 0 Å². The zero-order valence-electron chi connectivity index (χ0n) is 20.1. The van der Waals surface area contributed by atoms with E-state index in [1.54, 1.807) is 5.30 Å². The van der Waals surface area contributed by atoms with E-state index in [9.17, 15) is 0 Å². The van der Waals surface area contributed by atoms with Gasteiger partial charge in [-0.3, -0.25) is 6.08 Å². The fraction of sp³-hybridized carbons (Fsp3) is 0.519. The summed E-state index contributed by atoms with van der Waals surface area (Å²) >= 11 is 0. The first-order valence-corrected chi connectivity index (χ1v) is 12.7. The summed E-state index contributed by atoms with van der Waals surface area (Å²) in [4.78, 5) is 0. The Morgan fingerprint density at radius 2 is 1.61 bits per heavy atom. The average Bonchev–Trinajstić information content (AvgIpc) is 3.38. The van der Waals surface area contributed by atoms with E-state index in [1.807, 2.05) is 0 Å². The molecule has 0 aliphatic heterocycles. The molecule has 170 valence electrons. The molecule has 1 aliphatic rings. The van der Waals surface area contributed by atoms with Gasteiger partial charge in [0.2, 0.25) is 0 Å². The number of hydrogen-bond donors (Lipinski definition) is 0. The fourth-order valence-electron chi connectivity index (χ4n) is 3.97. The minimum atomic E-state index is -0.0252. The molecular weight excluding hydrogens is 474 g/mol. The van der Waals surface area contributed by atoms with Gasteiger partial charge in [0.1, 0.15) is 0 Å². The van der Waals surface area contributed by atoms with Crippen LogP contribution in [0.15, 0.2) is 54.1 Å². The van der Waals surface area contributed by atoms with E-state index in [0.29, 0.717) is 0 Å². The number of halogens is 2. The van der Waals surface area contributed by atoms with Gasteiger partial charge in [-0.05, 0) is 30.6 Å². The van der Waals surface area contributed by atoms with Gasteiger partial charge in [0.05, 0.1) is 0 Å². The topological polar surface area (TPSA) is 0 Å². The number of allylic oxidation sites excluding steroid dienone is 4. The van der Waals surface area contributed by atoms with Crippen LogP contribution in [0, 0.1) is 12.0 Å². The van der Waals surface area contributed by atoms with Crippen molar-refractivity contribution in [3.8, 4) is 0 Å². The Kier molecular flexibility index (Phi) is 18.7. The van der Waals surface area contributed by atoms with Crippen LogP contribution in [0.2, 0.25) is 0 Å². The van der Waals surface area contributed by atoms with Crippen molar-refractivity contribution in [3.05, 3.63) is 60.2 Å². The monoisotopic (exact) mass is 512 g/mol. The molecule has 0 spiro atoms. The van der Waals surface area contributed by atoms with Crippen molar-refractivity contribution in [2.75, 3.05) is 0 Å². The molecule has 2 aromatic rings. The molecule has 2 aromatic carbocycles. The molecule has 0 radical (unpaired) electrons. The summed E-state index contributed by atoms with van der Waals surface area (Å²) in [6.45, 7) is 14.0. The maximum absolute atomic E-state index is 3.35. The predicted octanol–water partition coefficient (Wildman–Crippen LogP) is 2.38. The van der Waals surface area contributed by atoms with Crippen molar-refractivity contribution in [2.45, 2.75) is 85.0 Å². The Balaban J connectivity index is 0. The number of benzene rings is 1. The molecular formula is C27H39Cl2PTi. The van der Waals surface area contributed by atoms with E-state index in [-0.39, 0.29) is 54.5 Å². The smallest absolute Gasteiger partial charge is 1.00 e. The number of hydrogen-bond acceptors (Lipinski definition) is 0. The fourth-order valence-corrected chi connectivity index (χ4v) is 7.22. The van der Waals surface area contributed by atoms with Crippen LogP contribution in [-0.4, -0.2) is 11.3 Å². The van der Waals surface area contributed by atoms with Gasteiger partial charge in [-0.25, -0.2) is 11.6 Å². The van der Waals surface area contributed by atoms with Crippen molar-refractivity contribution in [3.63, 3.8) is 0 Å². The molecule has 3 rings (SSSR count). The molecule has 31 heavy (non-hydrogen) atoms. The van der Waals surface area contributed by atoms with Crippen molar-refractivity contribution < 1.29 is 46.5 Å². The van der Waals surface area contributed by atoms with Gasteiger partial charge in [-0.2, -0.15) is 12.1 Å². The molecule has 0 heterocycles. The number of fused-ring (bicyclic) bond motifs is 1. The van der Waals surface area contributed by atoms with Crippen LogP contribution in [0.25, 0.3) is 10.8 Å². The van der Waals surface area contributed by atoms with E-state index in [2.05, 4.69) is 96.2 Å². The summed E-state index contributed by atoms with van der Waals surface area (Å²) in [6, 6.07) is 13.6. The summed E-state index contributed by atoms with van der Waals surface area (Å²) in [7, 11) is -0.0252. The van der Waals surface area contributed by atoms with Crippen LogP contribution in [0.4, 0.5) is 0 Å². The summed E-state index contributed by atoms with van der Waals surface area (Å²) in [6.07, 6.45) is 13.9. The Bertz CT molecular complexity index is 737. The maximum Gasteiger partial charge on any atom is 4.00 e. The zero-order valence-corrected chi connectivity index (χ0v) is 24.1. The summed E-state index contributed by atoms with van der Waals surface area (Å²) in [5.41, 5.74) is 3.07. The molecule has 0 N–H and O–H groups in total. The first-order valence-electron chi connectivity index (χ1n) is 11.2. The first kappa shape index (κ1) is 33.2. The Morgan fingerprint density at radius 3 is 2.10 bits per heavy atom. The normalized spacial score (nSPS) is 15.9. The van der Waals surface area contributed by atoms with Crippen molar-refractivity contribution in [2.24, 2.45) is 5.92 Å². The molecule has 3 unspecified atom stereocenters. The third kappa shape index (κ3) is 9.82. The van der Waals surface area contributed by atoms with Gasteiger partial charge in [-0.15, -0.1) is 46.8 Å². The van der Waals surface area contributed by atoms with Crippen molar-refractivity contribution in [1.82, 2.24) is 0 Å². The predicted molar refractivity (Wildman–Crippen MR) is 130 cm³/mol. The zero-order chi connectivity index (χ0) is 20.5. The molecule has 0 amide bonds. The largest absolute Gasteiger partial charge is 4.00 e. The summed E-state index contributed by atoms with van der Waals surface area (Å²) < 4.78 is 0. The van der Waals surface area contributed by atoms with Gasteiger partial charge in [-0.1, -0.05) is 67.9 Å². The third-order valence-electron chi connectivity index (χ3n) is 6.01. The Morgan fingerprint density at radius 1 is 1.00 bits per heavy atom. The van der Waals surface area contributed by atoms with Crippen molar-refractivity contribution >= 4 is 24.0 Å². The average molecular weight is 513 g/mol. The second kappa shape index (κ2) is 17.5. The van der Waals surface area contributed by atoms with Crippen LogP contribution in [0.5, 0.6) is 0 Å². The second-order valence-electron chi connectivity index (χ2n) is 8.19. The van der Waals surface area contributed by atoms with Crippen LogP contribution in [0.3, 0.4) is 0 Å². The summed E-state index contributed by atoms with van der Waals surface area (Å²) in [5, 5.41) is 4.42. The van der Waals surface area contributed by atoms with Crippen LogP contribution < -0.4 is 30.1 Å². The molecule has 0 aromatic heterocycles. The number of rotatable bonds is 8. The standard InChI is InChI=1S/C17H24P.C10H15.2ClH.Ti/c1-5-13(3)18(14(4)6-2)17-11-15-9-7-8-10-16(15)12-17;1-3-6-9(2)10-7-4-5-8-10;;;/h7-14H,5-6H2,1-4H3;4,7,9H,3,5-6H2,1-2H3;2*1H;/q2*-1;;;+4/p-2. The quantitative estimate of drug-likeness (QED) is 0.289. The van der Waals surface area contributed by atoms with Gasteiger partial charge < -0.3 is 24.8 Å². The van der Waals surface area contributed by atoms with E-state index in [1.165, 1.54) is 42.0 Å². The molecule has 0 bridgehead atoms. The molecule has 4 heteroatoms. The maximum atomic E-state index is 3.35. The minimum absolute atomic E-state index is 0. The molecule has 0 saturated heterocycles. The van der Waals surface area contributed by atoms with Gasteiger partial charge in [0.15, 0.2) is 0 Å². The molecule has 3 atom stereocenters. The molecule has 0 fully saturated rings. The van der Waals surface area contributed by atoms with Crippen LogP contribution >= 0.6 is 7.92 Å². The van der Waals surface area contributed by atoms with Crippen LogP contribution in [-0.2, 0) is 21.7 Å². The van der Waals surface area contributed by atoms with E-state index in [4.69, 9.17) is 0 Å². The molecule has 0 nitrogen and oxygen atoms in total. The Hall–Kier alpha value is 0.0343.